The number of carboxylic acid groups (broad SMARTS) is 1. The van der Waals surface area contributed by atoms with Crippen molar-refractivity contribution in [2.75, 3.05) is 13.1 Å². The molecule has 1 heterocycles. The summed E-state index contributed by atoms with van der Waals surface area (Å²) >= 11 is 6.04. The quantitative estimate of drug-likeness (QED) is 0.913. The van der Waals surface area contributed by atoms with E-state index in [-0.39, 0.29) is 18.4 Å². The van der Waals surface area contributed by atoms with E-state index in [1.165, 1.54) is 0 Å². The number of aliphatic carboxylic acids is 1. The standard InChI is InChI=1S/C15H18ClNO3/c1-9-5-12(15(19)20)8-17(7-9)14(18)11-4-3-10(2)13(16)6-11/h3-4,6,9,12H,5,7-8H2,1-2H3,(H,19,20). The van der Waals surface area contributed by atoms with Crippen LogP contribution in [0.3, 0.4) is 0 Å². The predicted molar refractivity (Wildman–Crippen MR) is 77.0 cm³/mol. The van der Waals surface area contributed by atoms with E-state index >= 15 is 0 Å². The van der Waals surface area contributed by atoms with E-state index in [4.69, 9.17) is 16.7 Å². The van der Waals surface area contributed by atoms with Gasteiger partial charge < -0.3 is 10.0 Å². The van der Waals surface area contributed by atoms with Crippen LogP contribution in [0.15, 0.2) is 18.2 Å². The highest BCUT2D eigenvalue weighted by atomic mass is 35.5. The number of piperidine rings is 1. The molecule has 1 aromatic carbocycles. The third kappa shape index (κ3) is 3.12. The van der Waals surface area contributed by atoms with Crippen LogP contribution in [-0.4, -0.2) is 35.0 Å². The summed E-state index contributed by atoms with van der Waals surface area (Å²) < 4.78 is 0. The first-order valence-corrected chi connectivity index (χ1v) is 7.04. The second-order valence-electron chi connectivity index (χ2n) is 5.55. The minimum atomic E-state index is -0.837. The van der Waals surface area contributed by atoms with Crippen LogP contribution >= 0.6 is 11.6 Å². The van der Waals surface area contributed by atoms with Crippen molar-refractivity contribution in [3.63, 3.8) is 0 Å². The summed E-state index contributed by atoms with van der Waals surface area (Å²) in [7, 11) is 0. The lowest BCUT2D eigenvalue weighted by Gasteiger charge is -2.34. The molecule has 1 amide bonds. The summed E-state index contributed by atoms with van der Waals surface area (Å²) in [5.74, 6) is -1.28. The van der Waals surface area contributed by atoms with E-state index in [0.29, 0.717) is 23.6 Å². The van der Waals surface area contributed by atoms with Gasteiger partial charge in [-0.15, -0.1) is 0 Å². The van der Waals surface area contributed by atoms with Crippen molar-refractivity contribution in [1.29, 1.82) is 0 Å². The number of aryl methyl sites for hydroxylation is 1. The molecule has 108 valence electrons. The van der Waals surface area contributed by atoms with Crippen LogP contribution in [0.1, 0.15) is 29.3 Å². The predicted octanol–water partition coefficient (Wildman–Crippen LogP) is 2.83. The van der Waals surface area contributed by atoms with Gasteiger partial charge in [0.2, 0.25) is 0 Å². The third-order valence-corrected chi connectivity index (χ3v) is 4.12. The van der Waals surface area contributed by atoms with Crippen molar-refractivity contribution >= 4 is 23.5 Å². The molecule has 1 fully saturated rings. The van der Waals surface area contributed by atoms with Crippen molar-refractivity contribution in [1.82, 2.24) is 4.90 Å². The summed E-state index contributed by atoms with van der Waals surface area (Å²) in [6, 6.07) is 5.19. The highest BCUT2D eigenvalue weighted by molar-refractivity contribution is 6.31. The number of halogens is 1. The van der Waals surface area contributed by atoms with Crippen LogP contribution in [0, 0.1) is 18.8 Å². The van der Waals surface area contributed by atoms with Crippen molar-refractivity contribution in [3.8, 4) is 0 Å². The Bertz CT molecular complexity index is 544. The van der Waals surface area contributed by atoms with Gasteiger partial charge in [0.15, 0.2) is 0 Å². The summed E-state index contributed by atoms with van der Waals surface area (Å²) in [6.45, 7) is 4.70. The zero-order chi connectivity index (χ0) is 14.9. The maximum absolute atomic E-state index is 12.5. The van der Waals surface area contributed by atoms with Crippen LogP contribution in [0.2, 0.25) is 5.02 Å². The van der Waals surface area contributed by atoms with Gasteiger partial charge in [-0.2, -0.15) is 0 Å². The van der Waals surface area contributed by atoms with E-state index in [9.17, 15) is 9.59 Å². The number of amides is 1. The van der Waals surface area contributed by atoms with Gasteiger partial charge in [0, 0.05) is 23.7 Å². The molecule has 0 aliphatic carbocycles. The Kier molecular flexibility index (Phi) is 4.33. The zero-order valence-corrected chi connectivity index (χ0v) is 12.4. The number of nitrogens with zero attached hydrogens (tertiary/aromatic N) is 1. The van der Waals surface area contributed by atoms with Crippen molar-refractivity contribution < 1.29 is 14.7 Å². The second kappa shape index (κ2) is 5.83. The fraction of sp³-hybridized carbons (Fsp3) is 0.467. The zero-order valence-electron chi connectivity index (χ0n) is 11.6. The average molecular weight is 296 g/mol. The van der Waals surface area contributed by atoms with Crippen molar-refractivity contribution in [2.24, 2.45) is 11.8 Å². The van der Waals surface area contributed by atoms with E-state index in [1.54, 1.807) is 23.1 Å². The molecule has 1 aliphatic heterocycles. The van der Waals surface area contributed by atoms with Crippen LogP contribution < -0.4 is 0 Å². The molecule has 2 atom stereocenters. The Hall–Kier alpha value is -1.55. The van der Waals surface area contributed by atoms with Crippen LogP contribution in [-0.2, 0) is 4.79 Å². The fourth-order valence-electron chi connectivity index (χ4n) is 2.60. The third-order valence-electron chi connectivity index (χ3n) is 3.71. The largest absolute Gasteiger partial charge is 0.481 e. The molecule has 1 saturated heterocycles. The number of hydrogen-bond donors (Lipinski definition) is 1. The van der Waals surface area contributed by atoms with Gasteiger partial charge in [-0.25, -0.2) is 0 Å². The molecule has 5 heteroatoms. The smallest absolute Gasteiger partial charge is 0.308 e. The molecular formula is C15H18ClNO3. The molecule has 4 nitrogen and oxygen atoms in total. The first-order chi connectivity index (χ1) is 9.38. The van der Waals surface area contributed by atoms with Gasteiger partial charge in [0.1, 0.15) is 0 Å². The molecule has 0 saturated carbocycles. The molecule has 1 aliphatic rings. The lowest BCUT2D eigenvalue weighted by Crippen LogP contribution is -2.45. The fourth-order valence-corrected chi connectivity index (χ4v) is 2.79. The Balaban J connectivity index is 2.19. The van der Waals surface area contributed by atoms with Crippen LogP contribution in [0.25, 0.3) is 0 Å². The summed E-state index contributed by atoms with van der Waals surface area (Å²) in [5.41, 5.74) is 1.43. The van der Waals surface area contributed by atoms with Gasteiger partial charge in [-0.1, -0.05) is 24.6 Å². The van der Waals surface area contributed by atoms with Crippen LogP contribution in [0.5, 0.6) is 0 Å². The number of benzene rings is 1. The van der Waals surface area contributed by atoms with Crippen molar-refractivity contribution in [2.45, 2.75) is 20.3 Å². The number of carboxylic acids is 1. The molecule has 0 aromatic heterocycles. The van der Waals surface area contributed by atoms with Crippen molar-refractivity contribution in [3.05, 3.63) is 34.3 Å². The van der Waals surface area contributed by atoms with Gasteiger partial charge in [-0.3, -0.25) is 9.59 Å². The van der Waals surface area contributed by atoms with Gasteiger partial charge in [0.05, 0.1) is 5.92 Å². The monoisotopic (exact) mass is 295 g/mol. The minimum Gasteiger partial charge on any atom is -0.481 e. The highest BCUT2D eigenvalue weighted by Gasteiger charge is 2.32. The minimum absolute atomic E-state index is 0.148. The molecule has 0 spiro atoms. The maximum atomic E-state index is 12.5. The summed E-state index contributed by atoms with van der Waals surface area (Å²) in [6.07, 6.45) is 0.619. The van der Waals surface area contributed by atoms with E-state index < -0.39 is 11.9 Å². The van der Waals surface area contributed by atoms with Gasteiger partial charge >= 0.3 is 5.97 Å². The molecule has 1 N–H and O–H groups in total. The van der Waals surface area contributed by atoms with E-state index in [1.807, 2.05) is 13.8 Å². The first-order valence-electron chi connectivity index (χ1n) is 6.66. The number of hydrogen-bond acceptors (Lipinski definition) is 2. The Labute approximate surface area is 123 Å². The topological polar surface area (TPSA) is 57.6 Å². The average Bonchev–Trinajstić information content (AvgIpc) is 2.40. The SMILES string of the molecule is Cc1ccc(C(=O)N2CC(C)CC(C(=O)O)C2)cc1Cl. The number of likely N-dealkylation sites (tertiary alicyclic amines) is 1. The molecule has 1 aromatic rings. The molecule has 2 rings (SSSR count). The highest BCUT2D eigenvalue weighted by Crippen LogP contribution is 2.24. The molecular weight excluding hydrogens is 278 g/mol. The lowest BCUT2D eigenvalue weighted by molar-refractivity contribution is -0.143. The maximum Gasteiger partial charge on any atom is 0.308 e. The van der Waals surface area contributed by atoms with Crippen LogP contribution in [0.4, 0.5) is 0 Å². The van der Waals surface area contributed by atoms with E-state index in [2.05, 4.69) is 0 Å². The van der Waals surface area contributed by atoms with E-state index in [0.717, 1.165) is 5.56 Å². The lowest BCUT2D eigenvalue weighted by atomic mass is 9.90. The normalized spacial score (nSPS) is 22.6. The van der Waals surface area contributed by atoms with Gasteiger partial charge in [-0.05, 0) is 37.0 Å². The summed E-state index contributed by atoms with van der Waals surface area (Å²) in [5, 5.41) is 9.70. The van der Waals surface area contributed by atoms with Gasteiger partial charge in [0.25, 0.3) is 5.91 Å². The Morgan fingerprint density at radius 2 is 2.05 bits per heavy atom. The molecule has 2 unspecified atom stereocenters. The molecule has 0 radical (unpaired) electrons. The number of rotatable bonds is 2. The molecule has 20 heavy (non-hydrogen) atoms. The Morgan fingerprint density at radius 1 is 1.35 bits per heavy atom. The number of carbonyl (C=O) groups excluding carboxylic acids is 1. The number of carbonyl (C=O) groups is 2. The summed E-state index contributed by atoms with van der Waals surface area (Å²) in [4.78, 5) is 25.2. The first kappa shape index (κ1) is 14.9. The Morgan fingerprint density at radius 3 is 2.65 bits per heavy atom. The molecule has 0 bridgehead atoms. The second-order valence-corrected chi connectivity index (χ2v) is 5.96.